The standard InChI is InChI=1S/3FH.Hf/h3*1H;/p-3. The quantitative estimate of drug-likeness (QED) is 0.366. The first-order valence-corrected chi connectivity index (χ1v) is 0. The summed E-state index contributed by atoms with van der Waals surface area (Å²) in [6.45, 7) is 0. The van der Waals surface area contributed by atoms with Crippen molar-refractivity contribution in [2.75, 3.05) is 0 Å². The molecule has 0 saturated heterocycles. The predicted molar refractivity (Wildman–Crippen MR) is 0 cm³/mol. The summed E-state index contributed by atoms with van der Waals surface area (Å²) in [4.78, 5) is 0. The molecular weight excluding hydrogens is 235 g/mol. The van der Waals surface area contributed by atoms with Gasteiger partial charge in [0.05, 0.1) is 0 Å². The van der Waals surface area contributed by atoms with Crippen molar-refractivity contribution in [1.29, 1.82) is 0 Å². The zero-order valence-corrected chi connectivity index (χ0v) is 5.23. The predicted octanol–water partition coefficient (Wildman–Crippen LogP) is -8.99. The fraction of sp³-hybridized carbons (Fsp3) is 0. The van der Waals surface area contributed by atoms with Crippen LogP contribution in [-0.2, 0) is 25.8 Å². The third-order valence-corrected chi connectivity index (χ3v) is 0. The second kappa shape index (κ2) is 59.4. The monoisotopic (exact) mass is 237 g/mol. The van der Waals surface area contributed by atoms with Crippen LogP contribution in [0.1, 0.15) is 0 Å². The normalized spacial score (nSPS) is 0. The molecule has 0 fully saturated rings. The molecule has 0 heterocycles. The zero-order chi connectivity index (χ0) is 0. The number of rotatable bonds is 0. The molecule has 0 rings (SSSR count). The van der Waals surface area contributed by atoms with Crippen LogP contribution < -0.4 is 14.1 Å². The fourth-order valence-electron chi connectivity index (χ4n) is 0. The topological polar surface area (TPSA) is 0 Å². The first-order chi connectivity index (χ1) is 0. The van der Waals surface area contributed by atoms with Gasteiger partial charge in [0.25, 0.3) is 0 Å². The molecule has 0 bridgehead atoms. The van der Waals surface area contributed by atoms with Crippen molar-refractivity contribution in [3.8, 4) is 0 Å². The molecule has 0 aliphatic rings. The van der Waals surface area contributed by atoms with Crippen molar-refractivity contribution < 1.29 is 40.0 Å². The molecule has 0 nitrogen and oxygen atoms in total. The maximum Gasteiger partial charge on any atom is 0 e. The Hall–Kier alpha value is 0.660. The van der Waals surface area contributed by atoms with Crippen LogP contribution >= 0.6 is 0 Å². The largest absolute Gasteiger partial charge is 1.00 e. The third-order valence-electron chi connectivity index (χ3n) is 0. The Morgan fingerprint density at radius 3 is 0.500 bits per heavy atom. The average Bonchev–Trinajstić information content (AvgIpc) is 0. The van der Waals surface area contributed by atoms with Crippen molar-refractivity contribution in [1.82, 2.24) is 0 Å². The van der Waals surface area contributed by atoms with Crippen molar-refractivity contribution in [2.24, 2.45) is 0 Å². The minimum Gasteiger partial charge on any atom is -1.00 e. The van der Waals surface area contributed by atoms with Gasteiger partial charge >= 0.3 is 0 Å². The van der Waals surface area contributed by atoms with Crippen LogP contribution in [0.4, 0.5) is 0 Å². The van der Waals surface area contributed by atoms with Crippen LogP contribution in [0, 0.1) is 0 Å². The Morgan fingerprint density at radius 2 is 0.500 bits per heavy atom. The van der Waals surface area contributed by atoms with Gasteiger partial charge in [0.15, 0.2) is 0 Å². The van der Waals surface area contributed by atoms with Gasteiger partial charge < -0.3 is 14.1 Å². The molecule has 0 radical (unpaired) electrons. The van der Waals surface area contributed by atoms with Crippen LogP contribution in [-0.4, -0.2) is 0 Å². The third kappa shape index (κ3) is 16.8. The average molecular weight is 235 g/mol. The van der Waals surface area contributed by atoms with Gasteiger partial charge in [0.1, 0.15) is 0 Å². The SMILES string of the molecule is [F-].[F-].[F-].[Hf]. The van der Waals surface area contributed by atoms with E-state index in [1.54, 1.807) is 0 Å². The molecule has 28 valence electrons. The molecule has 0 aliphatic carbocycles. The van der Waals surface area contributed by atoms with Gasteiger partial charge in [0, 0.05) is 25.8 Å². The van der Waals surface area contributed by atoms with Gasteiger partial charge in [-0.3, -0.25) is 0 Å². The van der Waals surface area contributed by atoms with Gasteiger partial charge in [-0.15, -0.1) is 0 Å². The van der Waals surface area contributed by atoms with Crippen LogP contribution in [0.2, 0.25) is 0 Å². The Morgan fingerprint density at radius 1 is 0.500 bits per heavy atom. The molecule has 0 aromatic rings. The molecule has 0 atom stereocenters. The van der Waals surface area contributed by atoms with E-state index in [0.29, 0.717) is 0 Å². The fourth-order valence-corrected chi connectivity index (χ4v) is 0. The summed E-state index contributed by atoms with van der Waals surface area (Å²) in [5, 5.41) is 0. The van der Waals surface area contributed by atoms with Crippen molar-refractivity contribution in [3.05, 3.63) is 0 Å². The van der Waals surface area contributed by atoms with Crippen molar-refractivity contribution >= 4 is 0 Å². The van der Waals surface area contributed by atoms with E-state index < -0.39 is 0 Å². The van der Waals surface area contributed by atoms with Gasteiger partial charge in [-0.25, -0.2) is 0 Å². The second-order valence-electron chi connectivity index (χ2n) is 0. The van der Waals surface area contributed by atoms with E-state index in [4.69, 9.17) is 0 Å². The number of hydrogen-bond donors (Lipinski definition) is 0. The van der Waals surface area contributed by atoms with E-state index in [0.717, 1.165) is 0 Å². The summed E-state index contributed by atoms with van der Waals surface area (Å²) in [5.74, 6) is 0. The van der Waals surface area contributed by atoms with E-state index in [2.05, 4.69) is 0 Å². The molecular formula is F3Hf-3. The molecule has 0 amide bonds. The van der Waals surface area contributed by atoms with Gasteiger partial charge in [0.2, 0.25) is 0 Å². The van der Waals surface area contributed by atoms with Crippen LogP contribution in [0.5, 0.6) is 0 Å². The molecule has 0 aromatic heterocycles. The maximum atomic E-state index is 0. The summed E-state index contributed by atoms with van der Waals surface area (Å²) >= 11 is 0. The van der Waals surface area contributed by atoms with Gasteiger partial charge in [-0.2, -0.15) is 0 Å². The summed E-state index contributed by atoms with van der Waals surface area (Å²) in [5.41, 5.74) is 0. The van der Waals surface area contributed by atoms with E-state index >= 15 is 0 Å². The van der Waals surface area contributed by atoms with Crippen LogP contribution in [0.3, 0.4) is 0 Å². The summed E-state index contributed by atoms with van der Waals surface area (Å²) < 4.78 is 0. The van der Waals surface area contributed by atoms with E-state index in [1.165, 1.54) is 0 Å². The summed E-state index contributed by atoms with van der Waals surface area (Å²) in [6, 6.07) is 0. The Bertz CT molecular complexity index is 3.25. The molecule has 0 N–H and O–H groups in total. The van der Waals surface area contributed by atoms with Crippen molar-refractivity contribution in [3.63, 3.8) is 0 Å². The summed E-state index contributed by atoms with van der Waals surface area (Å²) in [7, 11) is 0. The molecule has 0 aromatic carbocycles. The minimum atomic E-state index is 0. The Balaban J connectivity index is 0. The van der Waals surface area contributed by atoms with Crippen molar-refractivity contribution in [2.45, 2.75) is 0 Å². The first kappa shape index (κ1) is 143. The molecule has 4 heavy (non-hydrogen) atoms. The van der Waals surface area contributed by atoms with Gasteiger partial charge in [-0.05, 0) is 0 Å². The van der Waals surface area contributed by atoms with Crippen LogP contribution in [0.25, 0.3) is 0 Å². The van der Waals surface area contributed by atoms with E-state index in [9.17, 15) is 0 Å². The molecule has 0 aliphatic heterocycles. The smallest absolute Gasteiger partial charge is 0 e. The molecule has 4 heteroatoms. The number of hydrogen-bond acceptors (Lipinski definition) is 0. The second-order valence-corrected chi connectivity index (χ2v) is 0. The number of halogens is 3. The zero-order valence-electron chi connectivity index (χ0n) is 1.63. The van der Waals surface area contributed by atoms with E-state index in [1.807, 2.05) is 0 Å². The Labute approximate surface area is 40.5 Å². The molecule has 0 saturated carbocycles. The first-order valence-electron chi connectivity index (χ1n) is 0. The molecule has 0 unspecified atom stereocenters. The van der Waals surface area contributed by atoms with Gasteiger partial charge in [-0.1, -0.05) is 0 Å². The maximum absolute atomic E-state index is 0. The molecule has 0 spiro atoms. The van der Waals surface area contributed by atoms with Crippen LogP contribution in [0.15, 0.2) is 0 Å². The van der Waals surface area contributed by atoms with E-state index in [-0.39, 0.29) is 40.0 Å². The minimum absolute atomic E-state index is 0. The summed E-state index contributed by atoms with van der Waals surface area (Å²) in [6.07, 6.45) is 0. The Kier molecular flexibility index (Phi) is 2130.